The summed E-state index contributed by atoms with van der Waals surface area (Å²) in [5.41, 5.74) is 4.47. The zero-order valence-corrected chi connectivity index (χ0v) is 25.9. The van der Waals surface area contributed by atoms with Gasteiger partial charge in [0.05, 0.1) is 29.1 Å². The van der Waals surface area contributed by atoms with Gasteiger partial charge in [-0.25, -0.2) is 15.0 Å². The van der Waals surface area contributed by atoms with Crippen molar-refractivity contribution in [1.29, 1.82) is 0 Å². The average molecular weight is 636 g/mol. The molecule has 0 saturated heterocycles. The molecule has 0 N–H and O–H groups in total. The number of benzene rings is 7. The molecular formula is C45H30N4. The van der Waals surface area contributed by atoms with Gasteiger partial charge in [0.1, 0.15) is 0 Å². The van der Waals surface area contributed by atoms with Gasteiger partial charge in [0, 0.05) is 33.0 Å². The summed E-state index contributed by atoms with van der Waals surface area (Å²) in [4.78, 5) is 15.0. The van der Waals surface area contributed by atoms with Gasteiger partial charge in [-0.05, 0) is 34.9 Å². The van der Waals surface area contributed by atoms with Gasteiger partial charge in [-0.1, -0.05) is 164 Å². The average Bonchev–Trinajstić information content (AvgIpc) is 3.60. The molecule has 0 unspecified atom stereocenters. The normalized spacial score (nSPS) is 13.8. The Morgan fingerprint density at radius 2 is 0.939 bits per heavy atom. The van der Waals surface area contributed by atoms with Crippen LogP contribution in [0.3, 0.4) is 0 Å². The molecule has 0 aliphatic heterocycles. The largest absolute Gasteiger partial charge is 0.308 e. The van der Waals surface area contributed by atoms with Gasteiger partial charge in [-0.15, -0.1) is 0 Å². The van der Waals surface area contributed by atoms with Crippen LogP contribution in [0.25, 0.3) is 83.9 Å². The summed E-state index contributed by atoms with van der Waals surface area (Å²) < 4.78 is 80.7. The van der Waals surface area contributed by atoms with Crippen molar-refractivity contribution >= 4 is 21.8 Å². The maximum atomic E-state index is 9.38. The minimum absolute atomic E-state index is 0.0859. The molecule has 0 aliphatic rings. The van der Waals surface area contributed by atoms with Crippen molar-refractivity contribution in [1.82, 2.24) is 19.5 Å². The Balaban J connectivity index is 1.38. The third-order valence-corrected chi connectivity index (χ3v) is 8.49. The second-order valence-corrected chi connectivity index (χ2v) is 11.4. The van der Waals surface area contributed by atoms with E-state index in [-0.39, 0.29) is 22.6 Å². The summed E-state index contributed by atoms with van der Waals surface area (Å²) in [6, 6.07) is 35.3. The van der Waals surface area contributed by atoms with E-state index in [1.54, 1.807) is 10.6 Å². The standard InChI is InChI=1S/C45H30N4/c1-4-15-31(16-5-1)32-27-29-35(30-28-32)44-46-43(34-19-8-3-9-20-34)47-45(48-44)39-24-14-23-38-37-22-11-13-26-41(37)49(42(38)39)40-25-12-10-21-36(40)33-17-6-2-7-18-33/h1-30H/i2D,6D,7D,10D,12D,17D,18D,21D,25D. The van der Waals surface area contributed by atoms with Crippen LogP contribution in [0.1, 0.15) is 12.3 Å². The van der Waals surface area contributed by atoms with E-state index in [4.69, 9.17) is 24.5 Å². The molecule has 7 aromatic carbocycles. The number of hydrogen-bond donors (Lipinski definition) is 0. The maximum absolute atomic E-state index is 9.38. The molecule has 2 heterocycles. The minimum Gasteiger partial charge on any atom is -0.308 e. The van der Waals surface area contributed by atoms with E-state index in [1.165, 1.54) is 0 Å². The number of aromatic nitrogens is 4. The van der Waals surface area contributed by atoms with Crippen molar-refractivity contribution in [2.24, 2.45) is 0 Å². The lowest BCUT2D eigenvalue weighted by molar-refractivity contribution is 1.07. The van der Waals surface area contributed by atoms with E-state index in [9.17, 15) is 2.74 Å². The Kier molecular flexibility index (Phi) is 5.11. The second-order valence-electron chi connectivity index (χ2n) is 11.4. The predicted octanol–water partition coefficient (Wildman–Crippen LogP) is 11.3. The Labute approximate surface area is 297 Å². The molecule has 0 amide bonds. The quantitative estimate of drug-likeness (QED) is 0.183. The molecule has 0 fully saturated rings. The molecular weight excluding hydrogens is 597 g/mol. The highest BCUT2D eigenvalue weighted by Crippen LogP contribution is 2.40. The maximum Gasteiger partial charge on any atom is 0.166 e. The zero-order chi connectivity index (χ0) is 40.4. The van der Waals surface area contributed by atoms with Gasteiger partial charge >= 0.3 is 0 Å². The molecule has 49 heavy (non-hydrogen) atoms. The Morgan fingerprint density at radius 1 is 0.388 bits per heavy atom. The van der Waals surface area contributed by atoms with Gasteiger partial charge < -0.3 is 4.57 Å². The summed E-state index contributed by atoms with van der Waals surface area (Å²) >= 11 is 0. The SMILES string of the molecule is [2H]c1c([2H])c([2H])c(-c2c([2H])c([2H])c([2H])c([2H])c2-n2c3ccccc3c3cccc(-c4nc(-c5ccccc5)nc(-c5ccc(-c6ccccc6)cc5)n4)c32)c([2H])c1[2H]. The molecule has 0 atom stereocenters. The van der Waals surface area contributed by atoms with Crippen LogP contribution in [-0.2, 0) is 0 Å². The number of para-hydroxylation sites is 3. The molecule has 0 radical (unpaired) electrons. The van der Waals surface area contributed by atoms with Crippen LogP contribution in [0.5, 0.6) is 0 Å². The van der Waals surface area contributed by atoms with Crippen molar-refractivity contribution in [3.63, 3.8) is 0 Å². The number of rotatable bonds is 6. The first kappa shape index (κ1) is 20.6. The molecule has 9 rings (SSSR count). The monoisotopic (exact) mass is 635 g/mol. The number of fused-ring (bicyclic) bond motifs is 3. The fourth-order valence-electron chi connectivity index (χ4n) is 6.24. The lowest BCUT2D eigenvalue weighted by Crippen LogP contribution is -2.02. The summed E-state index contributed by atoms with van der Waals surface area (Å²) in [6.45, 7) is 0. The highest BCUT2D eigenvalue weighted by molar-refractivity contribution is 6.13. The fraction of sp³-hybridized carbons (Fsp3) is 0. The molecule has 230 valence electrons. The first-order valence-electron chi connectivity index (χ1n) is 20.2. The van der Waals surface area contributed by atoms with E-state index in [0.717, 1.165) is 27.6 Å². The van der Waals surface area contributed by atoms with Gasteiger partial charge in [0.15, 0.2) is 17.5 Å². The molecule has 4 heteroatoms. The van der Waals surface area contributed by atoms with E-state index in [1.807, 2.05) is 121 Å². The van der Waals surface area contributed by atoms with Crippen molar-refractivity contribution < 1.29 is 12.3 Å². The van der Waals surface area contributed by atoms with Crippen molar-refractivity contribution in [2.75, 3.05) is 0 Å². The van der Waals surface area contributed by atoms with Gasteiger partial charge in [0.25, 0.3) is 0 Å². The summed E-state index contributed by atoms with van der Waals surface area (Å²) in [5, 5.41) is 1.45. The molecule has 0 bridgehead atoms. The van der Waals surface area contributed by atoms with Crippen LogP contribution in [0.2, 0.25) is 0 Å². The third kappa shape index (κ3) is 5.16. The Hall–Kier alpha value is -6.65. The lowest BCUT2D eigenvalue weighted by atomic mass is 10.0. The minimum atomic E-state index is -0.625. The number of nitrogens with zero attached hydrogens (tertiary/aromatic N) is 4. The van der Waals surface area contributed by atoms with Crippen LogP contribution < -0.4 is 0 Å². The highest BCUT2D eigenvalue weighted by atomic mass is 15.0. The zero-order valence-electron chi connectivity index (χ0n) is 34.9. The molecule has 0 aliphatic carbocycles. The topological polar surface area (TPSA) is 43.6 Å². The van der Waals surface area contributed by atoms with Crippen LogP contribution in [0.15, 0.2) is 182 Å². The van der Waals surface area contributed by atoms with Crippen LogP contribution in [0.4, 0.5) is 0 Å². The fourth-order valence-corrected chi connectivity index (χ4v) is 6.24. The molecule has 0 spiro atoms. The number of hydrogen-bond acceptors (Lipinski definition) is 3. The van der Waals surface area contributed by atoms with Crippen LogP contribution in [-0.4, -0.2) is 19.5 Å². The molecule has 2 aromatic heterocycles. The molecule has 0 saturated carbocycles. The molecule has 9 aromatic rings. The third-order valence-electron chi connectivity index (χ3n) is 8.49. The highest BCUT2D eigenvalue weighted by Gasteiger charge is 2.21. The lowest BCUT2D eigenvalue weighted by Gasteiger charge is -2.16. The van der Waals surface area contributed by atoms with E-state index in [0.29, 0.717) is 33.6 Å². The summed E-state index contributed by atoms with van der Waals surface area (Å²) in [7, 11) is 0. The van der Waals surface area contributed by atoms with Gasteiger partial charge in [0.2, 0.25) is 0 Å². The van der Waals surface area contributed by atoms with E-state index in [2.05, 4.69) is 0 Å². The van der Waals surface area contributed by atoms with Crippen molar-refractivity contribution in [3.8, 4) is 62.1 Å². The smallest absolute Gasteiger partial charge is 0.166 e. The first-order chi connectivity index (χ1) is 28.0. The Bertz CT molecular complexity index is 3070. The Morgan fingerprint density at radius 3 is 1.69 bits per heavy atom. The van der Waals surface area contributed by atoms with E-state index >= 15 is 0 Å². The van der Waals surface area contributed by atoms with Gasteiger partial charge in [-0.3, -0.25) is 0 Å². The first-order valence-corrected chi connectivity index (χ1v) is 15.7. The van der Waals surface area contributed by atoms with Crippen molar-refractivity contribution in [2.45, 2.75) is 0 Å². The second kappa shape index (κ2) is 12.2. The van der Waals surface area contributed by atoms with Crippen LogP contribution >= 0.6 is 0 Å². The summed E-state index contributed by atoms with van der Waals surface area (Å²) in [5.74, 6) is 1.11. The van der Waals surface area contributed by atoms with Crippen LogP contribution in [0, 0.1) is 0 Å². The summed E-state index contributed by atoms with van der Waals surface area (Å²) in [6.07, 6.45) is 0. The van der Waals surface area contributed by atoms with Gasteiger partial charge in [-0.2, -0.15) is 0 Å². The van der Waals surface area contributed by atoms with E-state index < -0.39 is 54.4 Å². The molecule has 4 nitrogen and oxygen atoms in total. The van der Waals surface area contributed by atoms with Crippen molar-refractivity contribution in [3.05, 3.63) is 182 Å². The predicted molar refractivity (Wildman–Crippen MR) is 201 cm³/mol.